The summed E-state index contributed by atoms with van der Waals surface area (Å²) >= 11 is 6.24. The molecule has 1 atom stereocenters. The molecule has 6 nitrogen and oxygen atoms in total. The first-order valence-electron chi connectivity index (χ1n) is 11.8. The van der Waals surface area contributed by atoms with E-state index in [1.165, 1.54) is 25.2 Å². The summed E-state index contributed by atoms with van der Waals surface area (Å²) in [7, 11) is 1.21. The fourth-order valence-corrected chi connectivity index (χ4v) is 4.84. The molecular formula is C27H15ClF8N4O2. The van der Waals surface area contributed by atoms with Crippen LogP contribution < -0.4 is 10.6 Å². The van der Waals surface area contributed by atoms with E-state index < -0.39 is 58.7 Å². The number of halogens is 9. The zero-order valence-corrected chi connectivity index (χ0v) is 21.6. The van der Waals surface area contributed by atoms with E-state index in [-0.39, 0.29) is 44.7 Å². The van der Waals surface area contributed by atoms with E-state index >= 15 is 0 Å². The Morgan fingerprint density at radius 1 is 0.952 bits per heavy atom. The molecule has 4 aromatic rings. The third-order valence-corrected chi connectivity index (χ3v) is 6.80. The van der Waals surface area contributed by atoms with Gasteiger partial charge in [0.15, 0.2) is 5.69 Å². The second-order valence-electron chi connectivity index (χ2n) is 9.27. The van der Waals surface area contributed by atoms with Gasteiger partial charge in [-0.1, -0.05) is 11.6 Å². The van der Waals surface area contributed by atoms with E-state index in [1.54, 1.807) is 0 Å². The van der Waals surface area contributed by atoms with Gasteiger partial charge in [-0.15, -0.1) is 0 Å². The highest BCUT2D eigenvalue weighted by Gasteiger charge is 2.38. The molecule has 1 aromatic heterocycles. The fraction of sp³-hybridized carbons (Fsp3) is 0.148. The average molecular weight is 615 g/mol. The van der Waals surface area contributed by atoms with Crippen LogP contribution in [0.1, 0.15) is 49.1 Å². The number of nitrogens with zero attached hydrogens (tertiary/aromatic N) is 2. The highest BCUT2D eigenvalue weighted by atomic mass is 35.5. The van der Waals surface area contributed by atoms with Crippen molar-refractivity contribution in [2.24, 2.45) is 7.05 Å². The van der Waals surface area contributed by atoms with Gasteiger partial charge < -0.3 is 10.6 Å². The van der Waals surface area contributed by atoms with E-state index in [0.717, 1.165) is 16.8 Å². The van der Waals surface area contributed by atoms with Gasteiger partial charge >= 0.3 is 12.4 Å². The second kappa shape index (κ2) is 10.1. The van der Waals surface area contributed by atoms with E-state index in [9.17, 15) is 44.7 Å². The van der Waals surface area contributed by atoms with Crippen molar-refractivity contribution in [1.29, 1.82) is 0 Å². The lowest BCUT2D eigenvalue weighted by Crippen LogP contribution is -2.21. The van der Waals surface area contributed by atoms with Gasteiger partial charge in [0.1, 0.15) is 11.6 Å². The Hall–Kier alpha value is -4.46. The standard InChI is InChI=1S/C27H15ClF8N4O2/c1-40-20(10-21(39-40)27(34,35)36)11-6-17-22(23(38-25(17)42)16-9-14(29)2-3-18(16)28)19(7-11)37-24(41)12-4-13(26(31,32)33)8-15(30)5-12/h2-10,23H,1H3,(H,37,41)(H,38,42). The first-order valence-corrected chi connectivity index (χ1v) is 12.1. The van der Waals surface area contributed by atoms with E-state index in [2.05, 4.69) is 15.7 Å². The molecule has 2 N–H and O–H groups in total. The topological polar surface area (TPSA) is 76.0 Å². The van der Waals surface area contributed by atoms with Crippen LogP contribution in [0.2, 0.25) is 5.02 Å². The summed E-state index contributed by atoms with van der Waals surface area (Å²) in [5, 5.41) is 8.34. The molecule has 15 heteroatoms. The number of hydrogen-bond donors (Lipinski definition) is 2. The number of fused-ring (bicyclic) bond motifs is 1. The van der Waals surface area contributed by atoms with Crippen LogP contribution in [0.15, 0.2) is 54.6 Å². The molecule has 2 heterocycles. The number of amides is 2. The molecule has 0 saturated heterocycles. The summed E-state index contributed by atoms with van der Waals surface area (Å²) in [6.07, 6.45) is -9.79. The molecule has 42 heavy (non-hydrogen) atoms. The van der Waals surface area contributed by atoms with Crippen LogP contribution in [0.4, 0.5) is 40.8 Å². The minimum Gasteiger partial charge on any atom is -0.341 e. The largest absolute Gasteiger partial charge is 0.435 e. The van der Waals surface area contributed by atoms with Gasteiger partial charge in [0.25, 0.3) is 11.8 Å². The molecule has 3 aromatic carbocycles. The van der Waals surface area contributed by atoms with Crippen molar-refractivity contribution < 1.29 is 44.7 Å². The van der Waals surface area contributed by atoms with Gasteiger partial charge in [0.05, 0.1) is 17.3 Å². The van der Waals surface area contributed by atoms with Gasteiger partial charge in [0.2, 0.25) is 0 Å². The third kappa shape index (κ3) is 5.41. The summed E-state index contributed by atoms with van der Waals surface area (Å²) in [6, 6.07) is 6.33. The van der Waals surface area contributed by atoms with Crippen LogP contribution in [-0.2, 0) is 19.4 Å². The fourth-order valence-electron chi connectivity index (χ4n) is 4.61. The molecule has 0 aliphatic carbocycles. The summed E-state index contributed by atoms with van der Waals surface area (Å²) in [5.74, 6) is -4.09. The molecule has 0 radical (unpaired) electrons. The summed E-state index contributed by atoms with van der Waals surface area (Å²) in [4.78, 5) is 26.2. The summed E-state index contributed by atoms with van der Waals surface area (Å²) < 4.78 is 109. The van der Waals surface area contributed by atoms with Crippen molar-refractivity contribution in [3.05, 3.63) is 105 Å². The molecule has 0 saturated carbocycles. The zero-order chi connectivity index (χ0) is 30.7. The Kier molecular flexibility index (Phi) is 7.00. The molecule has 5 rings (SSSR count). The smallest absolute Gasteiger partial charge is 0.341 e. The molecule has 0 fully saturated rings. The molecule has 218 valence electrons. The molecular weight excluding hydrogens is 600 g/mol. The minimum atomic E-state index is -4.98. The number of carbonyl (C=O) groups excluding carboxylic acids is 2. The number of alkyl halides is 6. The van der Waals surface area contributed by atoms with Crippen LogP contribution in [-0.4, -0.2) is 21.6 Å². The van der Waals surface area contributed by atoms with E-state index in [1.807, 2.05) is 0 Å². The monoisotopic (exact) mass is 614 g/mol. The third-order valence-electron chi connectivity index (χ3n) is 6.46. The normalized spacial score (nSPS) is 15.0. The minimum absolute atomic E-state index is 0.00439. The van der Waals surface area contributed by atoms with Crippen molar-refractivity contribution in [2.75, 3.05) is 5.32 Å². The second-order valence-corrected chi connectivity index (χ2v) is 9.68. The molecule has 1 unspecified atom stereocenters. The zero-order valence-electron chi connectivity index (χ0n) is 20.9. The Morgan fingerprint density at radius 2 is 1.67 bits per heavy atom. The van der Waals surface area contributed by atoms with Gasteiger partial charge in [-0.2, -0.15) is 31.4 Å². The van der Waals surface area contributed by atoms with Gasteiger partial charge in [-0.3, -0.25) is 14.3 Å². The van der Waals surface area contributed by atoms with E-state index in [4.69, 9.17) is 11.6 Å². The van der Waals surface area contributed by atoms with E-state index in [0.29, 0.717) is 18.2 Å². The predicted molar refractivity (Wildman–Crippen MR) is 134 cm³/mol. The lowest BCUT2D eigenvalue weighted by Gasteiger charge is -2.19. The first kappa shape index (κ1) is 29.0. The first-order chi connectivity index (χ1) is 19.5. The van der Waals surface area contributed by atoms with Crippen LogP contribution in [0, 0.1) is 11.6 Å². The van der Waals surface area contributed by atoms with Crippen molar-refractivity contribution in [1.82, 2.24) is 15.1 Å². The Balaban J connectivity index is 1.69. The average Bonchev–Trinajstić information content (AvgIpc) is 3.44. The van der Waals surface area contributed by atoms with Crippen molar-refractivity contribution in [2.45, 2.75) is 18.4 Å². The Morgan fingerprint density at radius 3 is 2.31 bits per heavy atom. The quantitative estimate of drug-likeness (QED) is 0.240. The molecule has 0 spiro atoms. The maximum atomic E-state index is 14.1. The maximum absolute atomic E-state index is 14.1. The van der Waals surface area contributed by atoms with Gasteiger partial charge in [0, 0.05) is 45.6 Å². The number of rotatable bonds is 4. The number of anilines is 1. The maximum Gasteiger partial charge on any atom is 0.435 e. The van der Waals surface area contributed by atoms with Crippen molar-refractivity contribution >= 4 is 29.1 Å². The number of benzene rings is 3. The molecule has 1 aliphatic rings. The number of carbonyl (C=O) groups is 2. The molecule has 1 aliphatic heterocycles. The van der Waals surface area contributed by atoms with Crippen LogP contribution in [0.3, 0.4) is 0 Å². The van der Waals surface area contributed by atoms with Crippen LogP contribution in [0.5, 0.6) is 0 Å². The predicted octanol–water partition coefficient (Wildman–Crippen LogP) is 7.14. The highest BCUT2D eigenvalue weighted by molar-refractivity contribution is 6.31. The number of nitrogens with one attached hydrogen (secondary N) is 2. The summed E-state index contributed by atoms with van der Waals surface area (Å²) in [6.45, 7) is 0. The van der Waals surface area contributed by atoms with Gasteiger partial charge in [-0.05, 0) is 54.6 Å². The number of aromatic nitrogens is 2. The lowest BCUT2D eigenvalue weighted by molar-refractivity contribution is -0.141. The highest BCUT2D eigenvalue weighted by Crippen LogP contribution is 2.42. The van der Waals surface area contributed by atoms with Crippen LogP contribution >= 0.6 is 11.6 Å². The van der Waals surface area contributed by atoms with Crippen molar-refractivity contribution in [3.8, 4) is 11.3 Å². The van der Waals surface area contributed by atoms with Gasteiger partial charge in [-0.25, -0.2) is 8.78 Å². The lowest BCUT2D eigenvalue weighted by atomic mass is 9.93. The summed E-state index contributed by atoms with van der Waals surface area (Å²) in [5.41, 5.74) is -3.95. The van der Waals surface area contributed by atoms with Crippen LogP contribution in [0.25, 0.3) is 11.3 Å². The number of hydrogen-bond acceptors (Lipinski definition) is 3. The molecule has 0 bridgehead atoms. The Bertz CT molecular complexity index is 1760. The number of aryl methyl sites for hydroxylation is 1. The Labute approximate surface area is 235 Å². The SMILES string of the molecule is Cn1nc(C(F)(F)F)cc1-c1cc(NC(=O)c2cc(F)cc(C(F)(F)F)c2)c2c(c1)C(=O)NC2c1cc(F)ccc1Cl. The molecule has 2 amide bonds. The van der Waals surface area contributed by atoms with Crippen molar-refractivity contribution in [3.63, 3.8) is 0 Å².